The highest BCUT2D eigenvalue weighted by Crippen LogP contribution is 2.54. The molecule has 10 nitrogen and oxygen atoms in total. The fraction of sp³-hybridized carbons (Fsp3) is 0.567. The highest BCUT2D eigenvalue weighted by Gasteiger charge is 2.54. The van der Waals surface area contributed by atoms with Gasteiger partial charge >= 0.3 is 0 Å². The van der Waals surface area contributed by atoms with Crippen molar-refractivity contribution in [3.05, 3.63) is 42.4 Å². The number of rotatable bonds is 8. The molecular weight excluding hydrogens is 576 g/mol. The molecule has 4 aliphatic rings. The second-order valence-corrected chi connectivity index (χ2v) is 14.9. The number of aliphatic hydroxyl groups excluding tert-OH is 1. The lowest BCUT2D eigenvalue weighted by Gasteiger charge is -2.35. The maximum Gasteiger partial charge on any atom is 0.251 e. The number of anilines is 3. The Morgan fingerprint density at radius 2 is 1.60 bits per heavy atom. The van der Waals surface area contributed by atoms with E-state index in [1.54, 1.807) is 16.9 Å². The van der Waals surface area contributed by atoms with E-state index in [0.717, 1.165) is 48.6 Å². The minimum atomic E-state index is -3.74. The minimum Gasteiger partial charge on any atom is -0.395 e. The Bertz CT molecular complexity index is 1630. The van der Waals surface area contributed by atoms with Crippen LogP contribution in [0.4, 0.5) is 26.1 Å². The van der Waals surface area contributed by atoms with E-state index < -0.39 is 27.3 Å². The normalized spacial score (nSPS) is 22.0. The monoisotopic (exact) mass is 613 g/mol. The highest BCUT2D eigenvalue weighted by atomic mass is 32.2. The van der Waals surface area contributed by atoms with Crippen LogP contribution in [0.25, 0.3) is 16.9 Å². The molecule has 7 rings (SSSR count). The van der Waals surface area contributed by atoms with E-state index in [1.165, 1.54) is 12.8 Å². The van der Waals surface area contributed by atoms with Gasteiger partial charge in [0, 0.05) is 56.5 Å². The van der Waals surface area contributed by atoms with E-state index >= 15 is 0 Å². The van der Waals surface area contributed by atoms with Crippen LogP contribution in [-0.2, 0) is 10.0 Å². The zero-order valence-corrected chi connectivity index (χ0v) is 25.1. The zero-order valence-electron chi connectivity index (χ0n) is 24.3. The number of piperidine rings is 2. The summed E-state index contributed by atoms with van der Waals surface area (Å²) in [6, 6.07) is 7.33. The molecule has 2 saturated heterocycles. The number of hydrogen-bond donors (Lipinski definition) is 2. The fourth-order valence-corrected chi connectivity index (χ4v) is 7.77. The Hall–Kier alpha value is -3.32. The molecule has 230 valence electrons. The van der Waals surface area contributed by atoms with Crippen molar-refractivity contribution in [2.24, 2.45) is 5.41 Å². The molecule has 4 heterocycles. The summed E-state index contributed by atoms with van der Waals surface area (Å²) in [5, 5.41) is 14.4. The molecule has 43 heavy (non-hydrogen) atoms. The standard InChI is InChI=1S/C30H37F2N7O3S/c1-21-16-24(35-27(34-21)38-14-10-30(31,32)11-15-38)22-18-33-39(19-22)25-3-2-23(36-43(41,42)29(20-40)6-7-29)17-26(25)37-12-8-28(4-5-28)9-13-37/h2-3,16-19,36,40H,4-15,20H2,1H3. The average Bonchev–Trinajstić information content (AvgIpc) is 3.89. The van der Waals surface area contributed by atoms with Crippen LogP contribution < -0.4 is 14.5 Å². The Morgan fingerprint density at radius 3 is 2.26 bits per heavy atom. The summed E-state index contributed by atoms with van der Waals surface area (Å²) in [5.41, 5.74) is 4.79. The van der Waals surface area contributed by atoms with Crippen LogP contribution in [0.5, 0.6) is 0 Å². The second kappa shape index (κ2) is 10.1. The first-order valence-electron chi connectivity index (χ1n) is 15.1. The third kappa shape index (κ3) is 5.45. The Balaban J connectivity index is 1.19. The van der Waals surface area contributed by atoms with Crippen LogP contribution >= 0.6 is 0 Å². The summed E-state index contributed by atoms with van der Waals surface area (Å²) >= 11 is 0. The number of alkyl halides is 2. The molecule has 1 aromatic carbocycles. The highest BCUT2D eigenvalue weighted by molar-refractivity contribution is 7.94. The van der Waals surface area contributed by atoms with Gasteiger partial charge in [0.15, 0.2) is 0 Å². The molecule has 13 heteroatoms. The molecule has 0 amide bonds. The molecular formula is C30H37F2N7O3S. The summed E-state index contributed by atoms with van der Waals surface area (Å²) < 4.78 is 57.0. The summed E-state index contributed by atoms with van der Waals surface area (Å²) in [5.74, 6) is -2.21. The molecule has 0 atom stereocenters. The van der Waals surface area contributed by atoms with Crippen molar-refractivity contribution >= 4 is 27.3 Å². The number of hydrogen-bond acceptors (Lipinski definition) is 8. The minimum absolute atomic E-state index is 0.200. The van der Waals surface area contributed by atoms with E-state index in [-0.39, 0.29) is 25.9 Å². The van der Waals surface area contributed by atoms with Crippen molar-refractivity contribution in [2.75, 3.05) is 47.3 Å². The van der Waals surface area contributed by atoms with Gasteiger partial charge in [0.05, 0.1) is 35.6 Å². The fourth-order valence-electron chi connectivity index (χ4n) is 6.31. The van der Waals surface area contributed by atoms with Crippen LogP contribution in [0.1, 0.15) is 57.1 Å². The van der Waals surface area contributed by atoms with Crippen molar-refractivity contribution in [1.82, 2.24) is 19.7 Å². The van der Waals surface area contributed by atoms with Crippen molar-refractivity contribution < 1.29 is 22.3 Å². The molecule has 0 bridgehead atoms. The predicted octanol–water partition coefficient (Wildman–Crippen LogP) is 4.52. The summed E-state index contributed by atoms with van der Waals surface area (Å²) in [6.45, 7) is 3.62. The first-order chi connectivity index (χ1) is 20.5. The van der Waals surface area contributed by atoms with Gasteiger partial charge in [0.2, 0.25) is 16.0 Å². The first-order valence-corrected chi connectivity index (χ1v) is 16.5. The van der Waals surface area contributed by atoms with E-state index in [0.29, 0.717) is 35.6 Å². The predicted molar refractivity (Wildman–Crippen MR) is 160 cm³/mol. The molecule has 4 fully saturated rings. The Kier molecular flexibility index (Phi) is 6.69. The van der Waals surface area contributed by atoms with Gasteiger partial charge in [-0.25, -0.2) is 31.8 Å². The number of nitrogens with one attached hydrogen (secondary N) is 1. The number of halogens is 2. The number of aromatic nitrogens is 4. The quantitative estimate of drug-likeness (QED) is 0.381. The Labute approximate surface area is 250 Å². The zero-order chi connectivity index (χ0) is 30.0. The number of aliphatic hydroxyl groups is 1. The lowest BCUT2D eigenvalue weighted by atomic mass is 9.93. The van der Waals surface area contributed by atoms with Crippen LogP contribution in [0.15, 0.2) is 36.7 Å². The van der Waals surface area contributed by atoms with E-state index in [2.05, 4.69) is 19.7 Å². The van der Waals surface area contributed by atoms with Gasteiger partial charge in [0.25, 0.3) is 5.92 Å². The third-order valence-electron chi connectivity index (χ3n) is 9.76. The maximum absolute atomic E-state index is 13.7. The smallest absolute Gasteiger partial charge is 0.251 e. The largest absolute Gasteiger partial charge is 0.395 e. The van der Waals surface area contributed by atoms with E-state index in [1.807, 2.05) is 36.2 Å². The van der Waals surface area contributed by atoms with Crippen LogP contribution in [0.2, 0.25) is 0 Å². The summed E-state index contributed by atoms with van der Waals surface area (Å²) in [6.07, 6.45) is 8.83. The van der Waals surface area contributed by atoms with Crippen molar-refractivity contribution in [2.45, 2.75) is 69.0 Å². The van der Waals surface area contributed by atoms with Gasteiger partial charge < -0.3 is 14.9 Å². The molecule has 2 aliphatic carbocycles. The van der Waals surface area contributed by atoms with Crippen molar-refractivity contribution in [1.29, 1.82) is 0 Å². The second-order valence-electron chi connectivity index (χ2n) is 12.8. The summed E-state index contributed by atoms with van der Waals surface area (Å²) in [7, 11) is -3.74. The van der Waals surface area contributed by atoms with Gasteiger partial charge in [-0.1, -0.05) is 0 Å². The van der Waals surface area contributed by atoms with E-state index in [4.69, 9.17) is 4.98 Å². The van der Waals surface area contributed by atoms with Gasteiger partial charge in [0.1, 0.15) is 4.75 Å². The molecule has 0 unspecified atom stereocenters. The third-order valence-corrected chi connectivity index (χ3v) is 11.9. The number of sulfonamides is 1. The maximum atomic E-state index is 13.7. The topological polar surface area (TPSA) is 116 Å². The van der Waals surface area contributed by atoms with Crippen LogP contribution in [-0.4, -0.2) is 76.7 Å². The van der Waals surface area contributed by atoms with Crippen LogP contribution in [0.3, 0.4) is 0 Å². The number of nitrogens with zero attached hydrogens (tertiary/aromatic N) is 6. The number of benzene rings is 1. The molecule has 1 spiro atoms. The molecule has 2 aromatic heterocycles. The van der Waals surface area contributed by atoms with Gasteiger partial charge in [-0.05, 0) is 75.1 Å². The molecule has 3 aromatic rings. The number of aryl methyl sites for hydroxylation is 1. The first kappa shape index (κ1) is 28.5. The lowest BCUT2D eigenvalue weighted by molar-refractivity contribution is -0.0222. The van der Waals surface area contributed by atoms with Gasteiger partial charge in [-0.2, -0.15) is 5.10 Å². The van der Waals surface area contributed by atoms with Crippen molar-refractivity contribution in [3.63, 3.8) is 0 Å². The summed E-state index contributed by atoms with van der Waals surface area (Å²) in [4.78, 5) is 13.3. The van der Waals surface area contributed by atoms with E-state index in [9.17, 15) is 22.3 Å². The van der Waals surface area contributed by atoms with Crippen molar-refractivity contribution in [3.8, 4) is 16.9 Å². The van der Waals surface area contributed by atoms with Gasteiger partial charge in [-0.15, -0.1) is 0 Å². The average molecular weight is 614 g/mol. The lowest BCUT2D eigenvalue weighted by Crippen LogP contribution is -2.40. The molecule has 0 radical (unpaired) electrons. The SMILES string of the molecule is Cc1cc(-c2cnn(-c3ccc(NS(=O)(=O)C4(CO)CC4)cc3N3CCC4(CC3)CC4)c2)nc(N2CCC(F)(F)CC2)n1. The molecule has 2 aliphatic heterocycles. The Morgan fingerprint density at radius 1 is 0.907 bits per heavy atom. The molecule has 2 N–H and O–H groups in total. The van der Waals surface area contributed by atoms with Crippen LogP contribution in [0, 0.1) is 12.3 Å². The molecule has 2 saturated carbocycles. The van der Waals surface area contributed by atoms with Gasteiger partial charge in [-0.3, -0.25) is 4.72 Å².